The molecular weight excluding hydrogens is 214 g/mol. The molecule has 1 fully saturated rings. The third-order valence-corrected chi connectivity index (χ3v) is 3.60. The molecular formula is C13H27N3O. The van der Waals surface area contributed by atoms with Gasteiger partial charge in [-0.1, -0.05) is 13.3 Å². The number of nitrogens with one attached hydrogen (secondary N) is 2. The Morgan fingerprint density at radius 2 is 2.06 bits per heavy atom. The topological polar surface area (TPSA) is 44.4 Å². The normalized spacial score (nSPS) is 19.0. The van der Waals surface area contributed by atoms with Crippen LogP contribution in [0.3, 0.4) is 0 Å². The highest BCUT2D eigenvalue weighted by Crippen LogP contribution is 2.14. The zero-order valence-electron chi connectivity index (χ0n) is 11.5. The van der Waals surface area contributed by atoms with Crippen LogP contribution < -0.4 is 10.6 Å². The first kappa shape index (κ1) is 14.5. The molecule has 1 unspecified atom stereocenters. The van der Waals surface area contributed by atoms with E-state index in [1.807, 2.05) is 7.05 Å². The van der Waals surface area contributed by atoms with Gasteiger partial charge in [0.1, 0.15) is 0 Å². The number of likely N-dealkylation sites (N-methyl/N-ethyl adjacent to an activating group) is 2. The van der Waals surface area contributed by atoms with Crippen LogP contribution in [0.1, 0.15) is 39.5 Å². The van der Waals surface area contributed by atoms with Gasteiger partial charge in [-0.15, -0.1) is 0 Å². The van der Waals surface area contributed by atoms with Crippen molar-refractivity contribution in [3.63, 3.8) is 0 Å². The zero-order valence-corrected chi connectivity index (χ0v) is 11.5. The Hall–Kier alpha value is -0.610. The van der Waals surface area contributed by atoms with Crippen molar-refractivity contribution < 1.29 is 4.79 Å². The standard InChI is InChI=1S/C13H27N3O/c1-4-6-12(14-3)13(17)16(5-2)11-7-9-15-10-8-11/h11-12,14-15H,4-10H2,1-3H3. The molecule has 0 aromatic heterocycles. The first-order valence-electron chi connectivity index (χ1n) is 6.93. The average Bonchev–Trinajstić information content (AvgIpc) is 2.38. The first-order valence-corrected chi connectivity index (χ1v) is 6.93. The van der Waals surface area contributed by atoms with E-state index in [2.05, 4.69) is 29.4 Å². The molecule has 100 valence electrons. The maximum absolute atomic E-state index is 12.4. The predicted molar refractivity (Wildman–Crippen MR) is 71.0 cm³/mol. The number of carbonyl (C=O) groups is 1. The van der Waals surface area contributed by atoms with Gasteiger partial charge in [0.25, 0.3) is 0 Å². The molecule has 1 saturated heterocycles. The van der Waals surface area contributed by atoms with E-state index in [1.54, 1.807) is 0 Å². The van der Waals surface area contributed by atoms with Crippen molar-refractivity contribution in [3.8, 4) is 0 Å². The van der Waals surface area contributed by atoms with Gasteiger partial charge in [0.15, 0.2) is 0 Å². The number of rotatable bonds is 6. The van der Waals surface area contributed by atoms with E-state index in [0.717, 1.165) is 45.3 Å². The summed E-state index contributed by atoms with van der Waals surface area (Å²) in [6.07, 6.45) is 4.14. The van der Waals surface area contributed by atoms with Crippen LogP contribution in [0.15, 0.2) is 0 Å². The Morgan fingerprint density at radius 3 is 2.53 bits per heavy atom. The van der Waals surface area contributed by atoms with Crippen LogP contribution in [0.25, 0.3) is 0 Å². The summed E-state index contributed by atoms with van der Waals surface area (Å²) >= 11 is 0. The fourth-order valence-electron chi connectivity index (χ4n) is 2.59. The number of hydrogen-bond donors (Lipinski definition) is 2. The van der Waals surface area contributed by atoms with E-state index in [9.17, 15) is 4.79 Å². The molecule has 4 heteroatoms. The summed E-state index contributed by atoms with van der Waals surface area (Å²) in [5, 5.41) is 6.50. The molecule has 1 heterocycles. The molecule has 0 saturated carbocycles. The van der Waals surface area contributed by atoms with Crippen molar-refractivity contribution in [1.29, 1.82) is 0 Å². The summed E-state index contributed by atoms with van der Waals surface area (Å²) in [6, 6.07) is 0.427. The molecule has 0 radical (unpaired) electrons. The Bertz CT molecular complexity index is 227. The van der Waals surface area contributed by atoms with Gasteiger partial charge >= 0.3 is 0 Å². The fraction of sp³-hybridized carbons (Fsp3) is 0.923. The van der Waals surface area contributed by atoms with E-state index < -0.39 is 0 Å². The number of hydrogen-bond acceptors (Lipinski definition) is 3. The second-order valence-electron chi connectivity index (χ2n) is 4.74. The van der Waals surface area contributed by atoms with Gasteiger partial charge in [-0.05, 0) is 46.3 Å². The summed E-state index contributed by atoms with van der Waals surface area (Å²) in [5.41, 5.74) is 0. The van der Waals surface area contributed by atoms with Crippen molar-refractivity contribution >= 4 is 5.91 Å². The molecule has 0 aliphatic carbocycles. The van der Waals surface area contributed by atoms with Crippen molar-refractivity contribution in [2.75, 3.05) is 26.7 Å². The number of nitrogens with zero attached hydrogens (tertiary/aromatic N) is 1. The Kier molecular flexibility index (Phi) is 6.52. The number of amides is 1. The second-order valence-corrected chi connectivity index (χ2v) is 4.74. The molecule has 2 N–H and O–H groups in total. The van der Waals surface area contributed by atoms with Gasteiger partial charge in [0, 0.05) is 12.6 Å². The summed E-state index contributed by atoms with van der Waals surface area (Å²) in [6.45, 7) is 7.10. The van der Waals surface area contributed by atoms with Gasteiger partial charge in [0.05, 0.1) is 6.04 Å². The lowest BCUT2D eigenvalue weighted by molar-refractivity contribution is -0.136. The predicted octanol–water partition coefficient (Wildman–Crippen LogP) is 0.975. The lowest BCUT2D eigenvalue weighted by Crippen LogP contribution is -2.52. The maximum Gasteiger partial charge on any atom is 0.239 e. The van der Waals surface area contributed by atoms with Crippen LogP contribution in [0.4, 0.5) is 0 Å². The Morgan fingerprint density at radius 1 is 1.41 bits per heavy atom. The number of carbonyl (C=O) groups excluding carboxylic acids is 1. The molecule has 1 rings (SSSR count). The van der Waals surface area contributed by atoms with Crippen LogP contribution in [0.2, 0.25) is 0 Å². The highest BCUT2D eigenvalue weighted by molar-refractivity contribution is 5.82. The molecule has 0 aromatic rings. The Balaban J connectivity index is 2.60. The third kappa shape index (κ3) is 3.96. The van der Waals surface area contributed by atoms with Crippen molar-refractivity contribution in [2.24, 2.45) is 0 Å². The van der Waals surface area contributed by atoms with E-state index in [0.29, 0.717) is 6.04 Å². The van der Waals surface area contributed by atoms with Gasteiger partial charge < -0.3 is 15.5 Å². The van der Waals surface area contributed by atoms with Crippen molar-refractivity contribution in [2.45, 2.75) is 51.6 Å². The molecule has 0 bridgehead atoms. The summed E-state index contributed by atoms with van der Waals surface area (Å²) in [7, 11) is 1.88. The quantitative estimate of drug-likeness (QED) is 0.728. The van der Waals surface area contributed by atoms with Crippen LogP contribution >= 0.6 is 0 Å². The van der Waals surface area contributed by atoms with Gasteiger partial charge in [0.2, 0.25) is 5.91 Å². The van der Waals surface area contributed by atoms with E-state index in [4.69, 9.17) is 0 Å². The van der Waals surface area contributed by atoms with Gasteiger partial charge in [-0.25, -0.2) is 0 Å². The smallest absolute Gasteiger partial charge is 0.239 e. The first-order chi connectivity index (χ1) is 8.24. The van der Waals surface area contributed by atoms with Crippen molar-refractivity contribution in [3.05, 3.63) is 0 Å². The number of piperidine rings is 1. The summed E-state index contributed by atoms with van der Waals surface area (Å²) in [5.74, 6) is 0.281. The molecule has 1 aliphatic rings. The average molecular weight is 241 g/mol. The molecule has 0 spiro atoms. The Labute approximate surface area is 105 Å². The molecule has 1 amide bonds. The van der Waals surface area contributed by atoms with E-state index in [1.165, 1.54) is 0 Å². The van der Waals surface area contributed by atoms with Crippen LogP contribution in [0, 0.1) is 0 Å². The monoisotopic (exact) mass is 241 g/mol. The maximum atomic E-state index is 12.4. The van der Waals surface area contributed by atoms with Crippen molar-refractivity contribution in [1.82, 2.24) is 15.5 Å². The molecule has 1 atom stereocenters. The van der Waals surface area contributed by atoms with Crippen LogP contribution in [-0.4, -0.2) is 49.6 Å². The van der Waals surface area contributed by atoms with E-state index in [-0.39, 0.29) is 11.9 Å². The van der Waals surface area contributed by atoms with Gasteiger partial charge in [-0.3, -0.25) is 4.79 Å². The molecule has 17 heavy (non-hydrogen) atoms. The van der Waals surface area contributed by atoms with Crippen LogP contribution in [-0.2, 0) is 4.79 Å². The third-order valence-electron chi connectivity index (χ3n) is 3.60. The minimum absolute atomic E-state index is 0.00478. The summed E-state index contributed by atoms with van der Waals surface area (Å²) in [4.78, 5) is 14.5. The highest BCUT2D eigenvalue weighted by atomic mass is 16.2. The molecule has 4 nitrogen and oxygen atoms in total. The SMILES string of the molecule is CCCC(NC)C(=O)N(CC)C1CCNCC1. The minimum atomic E-state index is -0.00478. The largest absolute Gasteiger partial charge is 0.339 e. The van der Waals surface area contributed by atoms with Gasteiger partial charge in [-0.2, -0.15) is 0 Å². The lowest BCUT2D eigenvalue weighted by Gasteiger charge is -2.36. The van der Waals surface area contributed by atoms with Crippen LogP contribution in [0.5, 0.6) is 0 Å². The fourth-order valence-corrected chi connectivity index (χ4v) is 2.59. The summed E-state index contributed by atoms with van der Waals surface area (Å²) < 4.78 is 0. The van der Waals surface area contributed by atoms with E-state index >= 15 is 0 Å². The molecule has 0 aromatic carbocycles. The zero-order chi connectivity index (χ0) is 12.7. The molecule has 1 aliphatic heterocycles. The highest BCUT2D eigenvalue weighted by Gasteiger charge is 2.28. The minimum Gasteiger partial charge on any atom is -0.339 e. The second kappa shape index (κ2) is 7.67. The lowest BCUT2D eigenvalue weighted by atomic mass is 10.0.